The number of thioether (sulfide) groups is 2. The largest absolute Gasteiger partial charge is 0.492 e. The molecular weight excluding hydrogens is 392 g/mol. The van der Waals surface area contributed by atoms with Gasteiger partial charge in [0.1, 0.15) is 5.69 Å². The van der Waals surface area contributed by atoms with Crippen molar-refractivity contribution in [2.24, 2.45) is 0 Å². The lowest BCUT2D eigenvalue weighted by Crippen LogP contribution is -2.30. The maximum atomic E-state index is 10.8. The first-order valence-electron chi connectivity index (χ1n) is 8.12. The zero-order valence-electron chi connectivity index (χ0n) is 14.8. The van der Waals surface area contributed by atoms with Gasteiger partial charge in [-0.25, -0.2) is 10.1 Å². The van der Waals surface area contributed by atoms with Crippen LogP contribution in [0.4, 0.5) is 0 Å². The molecule has 0 spiro atoms. The van der Waals surface area contributed by atoms with Gasteiger partial charge in [-0.05, 0) is 6.92 Å². The van der Waals surface area contributed by atoms with Gasteiger partial charge in [-0.1, -0.05) is 5.21 Å². The highest BCUT2D eigenvalue weighted by atomic mass is 32.2. The Kier molecular flexibility index (Phi) is 8.77. The zero-order valence-corrected chi connectivity index (χ0v) is 16.4. The van der Waals surface area contributed by atoms with Crippen LogP contribution < -0.4 is 10.6 Å². The van der Waals surface area contributed by atoms with Gasteiger partial charge in [0.05, 0.1) is 16.9 Å². The highest BCUT2D eigenvalue weighted by Gasteiger charge is 2.06. The van der Waals surface area contributed by atoms with Crippen LogP contribution in [-0.2, 0) is 11.5 Å². The number of aromatic amines is 2. The second kappa shape index (κ2) is 11.3. The molecule has 0 unspecified atom stereocenters. The van der Waals surface area contributed by atoms with Crippen molar-refractivity contribution in [3.05, 3.63) is 45.5 Å². The molecule has 0 aliphatic rings. The normalized spacial score (nSPS) is 11.5. The van der Waals surface area contributed by atoms with Crippen LogP contribution in [0.1, 0.15) is 17.1 Å². The molecule has 2 heterocycles. The number of imidazole rings is 1. The first-order chi connectivity index (χ1) is 13.1. The predicted octanol–water partition coefficient (Wildman–Crippen LogP) is 0.963. The van der Waals surface area contributed by atoms with E-state index in [2.05, 4.69) is 36.0 Å². The molecule has 0 atom stereocenters. The van der Waals surface area contributed by atoms with E-state index in [1.807, 2.05) is 6.92 Å². The highest BCUT2D eigenvalue weighted by molar-refractivity contribution is 7.98. The van der Waals surface area contributed by atoms with Crippen LogP contribution in [-0.4, -0.2) is 60.0 Å². The first kappa shape index (κ1) is 20.9. The molecule has 0 amide bonds. The maximum absolute atomic E-state index is 10.8. The lowest BCUT2D eigenvalue weighted by molar-refractivity contribution is -0.404. The molecule has 27 heavy (non-hydrogen) atoms. The highest BCUT2D eigenvalue weighted by Crippen LogP contribution is 2.16. The van der Waals surface area contributed by atoms with E-state index in [1.54, 1.807) is 18.1 Å². The molecule has 2 aromatic rings. The fourth-order valence-corrected chi connectivity index (χ4v) is 3.66. The smallest absolute Gasteiger partial charge is 0.274 e. The molecule has 5 N–H and O–H groups in total. The molecule has 0 bridgehead atoms. The number of hydrogen-bond acceptors (Lipinski definition) is 10. The Morgan fingerprint density at radius 3 is 2.59 bits per heavy atom. The van der Waals surface area contributed by atoms with Gasteiger partial charge < -0.3 is 20.7 Å². The van der Waals surface area contributed by atoms with Crippen LogP contribution in [0.3, 0.4) is 0 Å². The third-order valence-electron chi connectivity index (χ3n) is 3.38. The molecule has 11 nitrogen and oxygen atoms in total. The van der Waals surface area contributed by atoms with Crippen LogP contribution in [0, 0.1) is 17.0 Å². The molecule has 148 valence electrons. The number of nitrogens with zero attached hydrogens (tertiary/aromatic N) is 4. The quantitative estimate of drug-likeness (QED) is 0.182. The topological polar surface area (TPSA) is 158 Å². The Balaban J connectivity index is 1.61. The van der Waals surface area contributed by atoms with Crippen molar-refractivity contribution < 1.29 is 10.0 Å². The molecule has 0 aliphatic heterocycles. The molecule has 0 fully saturated rings. The fraction of sp³-hybridized carbons (Fsp3) is 0.500. The SMILES string of the molecule is Cc1nc[nH]c1CSCCNC(=C[N+](=O)[O-])NCCSCc1nn[nH]c1O. The summed E-state index contributed by atoms with van der Waals surface area (Å²) >= 11 is 3.25. The number of H-pyrrole nitrogens is 2. The van der Waals surface area contributed by atoms with E-state index in [-0.39, 0.29) is 5.88 Å². The minimum atomic E-state index is -0.489. The van der Waals surface area contributed by atoms with Gasteiger partial charge >= 0.3 is 0 Å². The average Bonchev–Trinajstić information content (AvgIpc) is 3.22. The zero-order chi connectivity index (χ0) is 19.5. The molecule has 13 heteroatoms. The van der Waals surface area contributed by atoms with Gasteiger partial charge in [0.2, 0.25) is 5.88 Å². The Bertz CT molecular complexity index is 696. The summed E-state index contributed by atoms with van der Waals surface area (Å²) in [6.45, 7) is 3.09. The molecule has 2 aromatic heterocycles. The number of aromatic nitrogens is 5. The lowest BCUT2D eigenvalue weighted by Gasteiger charge is -2.11. The van der Waals surface area contributed by atoms with E-state index in [9.17, 15) is 15.2 Å². The number of aromatic hydroxyl groups is 1. The Morgan fingerprint density at radius 2 is 2.04 bits per heavy atom. The van der Waals surface area contributed by atoms with E-state index < -0.39 is 4.92 Å². The van der Waals surface area contributed by atoms with Gasteiger partial charge in [-0.2, -0.15) is 23.5 Å². The van der Waals surface area contributed by atoms with Gasteiger partial charge in [0.25, 0.3) is 6.20 Å². The summed E-state index contributed by atoms with van der Waals surface area (Å²) in [5.74, 6) is 3.17. The third kappa shape index (κ3) is 7.78. The van der Waals surface area contributed by atoms with Crippen molar-refractivity contribution in [1.29, 1.82) is 0 Å². The Morgan fingerprint density at radius 1 is 1.33 bits per heavy atom. The summed E-state index contributed by atoms with van der Waals surface area (Å²) in [5.41, 5.74) is 2.57. The van der Waals surface area contributed by atoms with Crippen molar-refractivity contribution in [1.82, 2.24) is 36.0 Å². The molecule has 0 radical (unpaired) electrons. The minimum Gasteiger partial charge on any atom is -0.492 e. The molecule has 0 aromatic carbocycles. The van der Waals surface area contributed by atoms with Crippen LogP contribution in [0.15, 0.2) is 18.3 Å². The number of rotatable bonds is 13. The number of aryl methyl sites for hydroxylation is 1. The predicted molar refractivity (Wildman–Crippen MR) is 105 cm³/mol. The monoisotopic (exact) mass is 414 g/mol. The molecule has 2 rings (SSSR count). The van der Waals surface area contributed by atoms with Crippen molar-refractivity contribution in [2.75, 3.05) is 24.6 Å². The average molecular weight is 415 g/mol. The standard InChI is InChI=1S/C14H22N8O3S2/c1-10-11(18-9-17-10)7-26-4-2-15-13(6-22(24)25)16-3-5-27-8-12-14(23)20-21-19-12/h6,9,15-16H,2-5,7-8H2,1H3,(H,17,18)(H2,19,20,21,23). The number of hydrogen-bond donors (Lipinski definition) is 5. The van der Waals surface area contributed by atoms with Crippen molar-refractivity contribution in [3.8, 4) is 5.88 Å². The third-order valence-corrected chi connectivity index (χ3v) is 5.33. The minimum absolute atomic E-state index is 0.0334. The number of nitro groups is 1. The summed E-state index contributed by atoms with van der Waals surface area (Å²) in [5, 5.41) is 35.8. The summed E-state index contributed by atoms with van der Waals surface area (Å²) in [4.78, 5) is 17.5. The van der Waals surface area contributed by atoms with Gasteiger partial charge in [0.15, 0.2) is 5.82 Å². The van der Waals surface area contributed by atoms with Crippen molar-refractivity contribution in [3.63, 3.8) is 0 Å². The van der Waals surface area contributed by atoms with Gasteiger partial charge in [0, 0.05) is 41.8 Å². The Hall–Kier alpha value is -2.41. The summed E-state index contributed by atoms with van der Waals surface area (Å²) in [6, 6.07) is 0. The van der Waals surface area contributed by atoms with Crippen LogP contribution in [0.2, 0.25) is 0 Å². The fourth-order valence-electron chi connectivity index (χ4n) is 2.00. The Labute approximate surface area is 164 Å². The van der Waals surface area contributed by atoms with E-state index in [4.69, 9.17) is 0 Å². The van der Waals surface area contributed by atoms with Gasteiger partial charge in [-0.3, -0.25) is 10.1 Å². The van der Waals surface area contributed by atoms with E-state index in [0.29, 0.717) is 36.1 Å². The molecule has 0 saturated heterocycles. The molecule has 0 saturated carbocycles. The maximum Gasteiger partial charge on any atom is 0.274 e. The summed E-state index contributed by atoms with van der Waals surface area (Å²) in [6.07, 6.45) is 2.60. The van der Waals surface area contributed by atoms with E-state index in [0.717, 1.165) is 29.1 Å². The molecular formula is C14H22N8O3S2. The van der Waals surface area contributed by atoms with Crippen LogP contribution >= 0.6 is 23.5 Å². The first-order valence-corrected chi connectivity index (χ1v) is 10.4. The van der Waals surface area contributed by atoms with Gasteiger partial charge in [-0.15, -0.1) is 5.10 Å². The number of nitrogens with one attached hydrogen (secondary N) is 4. The van der Waals surface area contributed by atoms with E-state index >= 15 is 0 Å². The van der Waals surface area contributed by atoms with Crippen molar-refractivity contribution in [2.45, 2.75) is 18.4 Å². The van der Waals surface area contributed by atoms with Crippen LogP contribution in [0.25, 0.3) is 0 Å². The molecule has 0 aliphatic carbocycles. The van der Waals surface area contributed by atoms with Crippen molar-refractivity contribution >= 4 is 23.5 Å². The summed E-state index contributed by atoms with van der Waals surface area (Å²) in [7, 11) is 0. The second-order valence-corrected chi connectivity index (χ2v) is 7.57. The second-order valence-electron chi connectivity index (χ2n) is 5.36. The lowest BCUT2D eigenvalue weighted by atomic mass is 10.4. The van der Waals surface area contributed by atoms with E-state index in [1.165, 1.54) is 11.8 Å². The van der Waals surface area contributed by atoms with Crippen LogP contribution in [0.5, 0.6) is 5.88 Å². The summed E-state index contributed by atoms with van der Waals surface area (Å²) < 4.78 is 0.